The van der Waals surface area contributed by atoms with Crippen molar-refractivity contribution in [2.45, 2.75) is 59.1 Å². The van der Waals surface area contributed by atoms with Crippen LogP contribution < -0.4 is 0 Å². The molecule has 0 aliphatic carbocycles. The van der Waals surface area contributed by atoms with E-state index in [4.69, 9.17) is 0 Å². The summed E-state index contributed by atoms with van der Waals surface area (Å²) in [5, 5.41) is 8.64. The van der Waals surface area contributed by atoms with Crippen LogP contribution in [0.25, 0.3) is 11.1 Å². The Balaban J connectivity index is 1.45. The second-order valence-electron chi connectivity index (χ2n) is 9.59. The zero-order valence-corrected chi connectivity index (χ0v) is 20.3. The van der Waals surface area contributed by atoms with Crippen molar-refractivity contribution in [1.82, 2.24) is 0 Å². The van der Waals surface area contributed by atoms with Crippen molar-refractivity contribution in [3.63, 3.8) is 0 Å². The molecule has 0 radical (unpaired) electrons. The average molecular weight is 468 g/mol. The van der Waals surface area contributed by atoms with Gasteiger partial charge in [-0.1, -0.05) is 63.2 Å². The fraction of sp³-hybridized carbons (Fsp3) is 0.393. The van der Waals surface area contributed by atoms with Crippen LogP contribution in [0.15, 0.2) is 75.9 Å². The van der Waals surface area contributed by atoms with Crippen LogP contribution in [0.3, 0.4) is 0 Å². The first kappa shape index (κ1) is 25.6. The Morgan fingerprint density at radius 2 is 1.56 bits per heavy atom. The fourth-order valence-electron chi connectivity index (χ4n) is 3.71. The van der Waals surface area contributed by atoms with Crippen LogP contribution in [-0.2, 0) is 12.6 Å². The van der Waals surface area contributed by atoms with Crippen molar-refractivity contribution < 1.29 is 13.2 Å². The molecule has 6 heteroatoms. The van der Waals surface area contributed by atoms with Gasteiger partial charge in [0, 0.05) is 36.7 Å². The number of allylic oxidation sites excluding steroid dienone is 2. The molecule has 1 aliphatic rings. The molecule has 180 valence electrons. The molecule has 0 N–H and O–H groups in total. The summed E-state index contributed by atoms with van der Waals surface area (Å²) in [6.07, 6.45) is 4.26. The predicted molar refractivity (Wildman–Crippen MR) is 136 cm³/mol. The molecule has 0 saturated carbocycles. The molecule has 2 aromatic rings. The van der Waals surface area contributed by atoms with E-state index in [-0.39, 0.29) is 5.41 Å². The predicted octanol–water partition coefficient (Wildman–Crippen LogP) is 7.96. The standard InChI is InChI=1S/C28H32F3N3/c1-27(2,3)26-19-25(33-34-26)10-6-9-24(32-4)8-5-7-20-11-13-21(14-12-20)22-15-17-23(18-16-22)28(29,30)31/h6,9,11-18H,5,7-8,10,19H2,1-4H3/b9-6-,32-24-. The first-order chi connectivity index (χ1) is 16.1. The van der Waals surface area contributed by atoms with E-state index in [1.54, 1.807) is 0 Å². The summed E-state index contributed by atoms with van der Waals surface area (Å²) in [6.45, 7) is 6.47. The molecule has 1 heterocycles. The summed E-state index contributed by atoms with van der Waals surface area (Å²) in [7, 11) is 1.81. The minimum atomic E-state index is -4.31. The molecular weight excluding hydrogens is 435 g/mol. The maximum absolute atomic E-state index is 12.7. The molecule has 34 heavy (non-hydrogen) atoms. The van der Waals surface area contributed by atoms with Crippen LogP contribution in [0.1, 0.15) is 57.6 Å². The molecule has 0 unspecified atom stereocenters. The highest BCUT2D eigenvalue weighted by Gasteiger charge is 2.30. The van der Waals surface area contributed by atoms with E-state index in [0.717, 1.165) is 72.5 Å². The topological polar surface area (TPSA) is 37.1 Å². The van der Waals surface area contributed by atoms with Crippen LogP contribution in [0.4, 0.5) is 13.2 Å². The van der Waals surface area contributed by atoms with Gasteiger partial charge in [0.1, 0.15) is 0 Å². The second-order valence-corrected chi connectivity index (χ2v) is 9.59. The molecular formula is C28H32F3N3. The lowest BCUT2D eigenvalue weighted by atomic mass is 9.87. The first-order valence-electron chi connectivity index (χ1n) is 11.6. The first-order valence-corrected chi connectivity index (χ1v) is 11.6. The highest BCUT2D eigenvalue weighted by Crippen LogP contribution is 2.31. The number of hydrogen-bond donors (Lipinski definition) is 0. The van der Waals surface area contributed by atoms with E-state index in [9.17, 15) is 13.2 Å². The molecule has 0 aromatic heterocycles. The minimum Gasteiger partial charge on any atom is -0.293 e. The molecule has 0 spiro atoms. The van der Waals surface area contributed by atoms with Crippen LogP contribution in [0.2, 0.25) is 0 Å². The summed E-state index contributed by atoms with van der Waals surface area (Å²) in [5.41, 5.74) is 5.57. The van der Waals surface area contributed by atoms with Crippen molar-refractivity contribution in [3.05, 3.63) is 71.8 Å². The Labute approximate surface area is 200 Å². The van der Waals surface area contributed by atoms with Gasteiger partial charge in [-0.2, -0.15) is 23.4 Å². The van der Waals surface area contributed by atoms with Gasteiger partial charge in [0.25, 0.3) is 0 Å². The van der Waals surface area contributed by atoms with Crippen molar-refractivity contribution >= 4 is 17.1 Å². The molecule has 2 aromatic carbocycles. The van der Waals surface area contributed by atoms with Gasteiger partial charge in [-0.15, -0.1) is 0 Å². The maximum Gasteiger partial charge on any atom is 0.416 e. The van der Waals surface area contributed by atoms with Gasteiger partial charge in [0.15, 0.2) is 0 Å². The van der Waals surface area contributed by atoms with Crippen molar-refractivity contribution in [2.75, 3.05) is 7.05 Å². The minimum absolute atomic E-state index is 0.0565. The number of benzene rings is 2. The average Bonchev–Trinajstić information content (AvgIpc) is 3.28. The summed E-state index contributed by atoms with van der Waals surface area (Å²) >= 11 is 0. The van der Waals surface area contributed by atoms with Crippen molar-refractivity contribution in [1.29, 1.82) is 0 Å². The number of rotatable bonds is 8. The number of nitrogens with zero attached hydrogens (tertiary/aromatic N) is 3. The lowest BCUT2D eigenvalue weighted by Crippen LogP contribution is -2.20. The third-order valence-electron chi connectivity index (χ3n) is 5.90. The van der Waals surface area contributed by atoms with Gasteiger partial charge >= 0.3 is 6.18 Å². The van der Waals surface area contributed by atoms with E-state index >= 15 is 0 Å². The van der Waals surface area contributed by atoms with Crippen LogP contribution in [-0.4, -0.2) is 24.2 Å². The zero-order chi connectivity index (χ0) is 24.8. The normalized spacial score (nSPS) is 15.1. The van der Waals surface area contributed by atoms with Crippen LogP contribution >= 0.6 is 0 Å². The molecule has 3 nitrogen and oxygen atoms in total. The third kappa shape index (κ3) is 7.24. The van der Waals surface area contributed by atoms with Crippen LogP contribution in [0.5, 0.6) is 0 Å². The van der Waals surface area contributed by atoms with Crippen LogP contribution in [0, 0.1) is 5.41 Å². The Morgan fingerprint density at radius 3 is 2.09 bits per heavy atom. The summed E-state index contributed by atoms with van der Waals surface area (Å²) in [6, 6.07) is 13.3. The van der Waals surface area contributed by atoms with Gasteiger partial charge in [0.2, 0.25) is 0 Å². The molecule has 0 saturated heterocycles. The van der Waals surface area contributed by atoms with Gasteiger partial charge in [-0.05, 0) is 54.2 Å². The van der Waals surface area contributed by atoms with E-state index < -0.39 is 11.7 Å². The third-order valence-corrected chi connectivity index (χ3v) is 5.90. The number of hydrogen-bond acceptors (Lipinski definition) is 3. The molecule has 3 rings (SSSR count). The Bertz CT molecular complexity index is 1080. The highest BCUT2D eigenvalue weighted by molar-refractivity contribution is 6.10. The number of alkyl halides is 3. The van der Waals surface area contributed by atoms with Gasteiger partial charge in [0.05, 0.1) is 11.3 Å². The molecule has 1 aliphatic heterocycles. The van der Waals surface area contributed by atoms with Gasteiger partial charge in [-0.25, -0.2) is 0 Å². The molecule has 0 amide bonds. The van der Waals surface area contributed by atoms with Crippen molar-refractivity contribution in [3.8, 4) is 11.1 Å². The molecule has 0 bridgehead atoms. The second kappa shape index (κ2) is 10.9. The lowest BCUT2D eigenvalue weighted by molar-refractivity contribution is -0.137. The maximum atomic E-state index is 12.7. The van der Waals surface area contributed by atoms with E-state index in [0.29, 0.717) is 0 Å². The quantitative estimate of drug-likeness (QED) is 0.353. The van der Waals surface area contributed by atoms with Gasteiger partial charge < -0.3 is 0 Å². The summed E-state index contributed by atoms with van der Waals surface area (Å²) < 4.78 is 38.2. The molecule has 0 fully saturated rings. The number of halogens is 3. The Kier molecular flexibility index (Phi) is 8.24. The number of aryl methyl sites for hydroxylation is 1. The van der Waals surface area contributed by atoms with E-state index in [2.05, 4.69) is 48.1 Å². The Morgan fingerprint density at radius 1 is 0.941 bits per heavy atom. The van der Waals surface area contributed by atoms with E-state index in [1.165, 1.54) is 17.7 Å². The highest BCUT2D eigenvalue weighted by atomic mass is 19.4. The lowest BCUT2D eigenvalue weighted by Gasteiger charge is -2.17. The monoisotopic (exact) mass is 467 g/mol. The largest absolute Gasteiger partial charge is 0.416 e. The fourth-order valence-corrected chi connectivity index (χ4v) is 3.71. The number of aliphatic imine (C=N–C) groups is 1. The zero-order valence-electron chi connectivity index (χ0n) is 20.3. The van der Waals surface area contributed by atoms with Gasteiger partial charge in [-0.3, -0.25) is 4.99 Å². The summed E-state index contributed by atoms with van der Waals surface area (Å²) in [5.74, 6) is 0. The Hall–Kier alpha value is -3.02. The summed E-state index contributed by atoms with van der Waals surface area (Å²) in [4.78, 5) is 4.40. The SMILES string of the molecule is C/N=C(\C=C/CC1=NN=C(C(C)(C)C)C1)CCCc1ccc(-c2ccc(C(F)(F)F)cc2)cc1. The van der Waals surface area contributed by atoms with Crippen molar-refractivity contribution in [2.24, 2.45) is 20.6 Å². The molecule has 0 atom stereocenters. The smallest absolute Gasteiger partial charge is 0.293 e. The van der Waals surface area contributed by atoms with E-state index in [1.807, 2.05) is 31.3 Å².